The summed E-state index contributed by atoms with van der Waals surface area (Å²) < 4.78 is 11.2. The van der Waals surface area contributed by atoms with Crippen LogP contribution in [0.3, 0.4) is 0 Å². The van der Waals surface area contributed by atoms with Gasteiger partial charge in [0.1, 0.15) is 0 Å². The van der Waals surface area contributed by atoms with Crippen molar-refractivity contribution in [3.8, 4) is 11.5 Å². The van der Waals surface area contributed by atoms with Gasteiger partial charge in [0.05, 0.1) is 13.2 Å². The predicted octanol–water partition coefficient (Wildman–Crippen LogP) is 4.00. The van der Waals surface area contributed by atoms with E-state index in [1.54, 1.807) is 42.5 Å². The summed E-state index contributed by atoms with van der Waals surface area (Å²) in [5.41, 5.74) is 5.83. The lowest BCUT2D eigenvalue weighted by molar-refractivity contribution is -0.117. The molecule has 2 aromatic rings. The SMILES string of the molecule is CCCOc1ccc(/C=C/C(=O)NNC(=O)c2ccc(Cl)cc2)cc1OCC. The highest BCUT2D eigenvalue weighted by Crippen LogP contribution is 2.29. The first kappa shape index (κ1) is 21.3. The molecule has 0 spiro atoms. The maximum absolute atomic E-state index is 12.0. The molecule has 0 unspecified atom stereocenters. The lowest BCUT2D eigenvalue weighted by Gasteiger charge is -2.12. The van der Waals surface area contributed by atoms with Crippen LogP contribution in [0.4, 0.5) is 0 Å². The van der Waals surface area contributed by atoms with E-state index in [1.165, 1.54) is 6.08 Å². The molecule has 2 N–H and O–H groups in total. The van der Waals surface area contributed by atoms with Crippen LogP contribution >= 0.6 is 11.6 Å². The topological polar surface area (TPSA) is 76.7 Å². The third-order valence-corrected chi connectivity index (χ3v) is 3.81. The summed E-state index contributed by atoms with van der Waals surface area (Å²) in [5, 5.41) is 0.529. The second kappa shape index (κ2) is 11.0. The summed E-state index contributed by atoms with van der Waals surface area (Å²) in [5.74, 6) is 0.385. The zero-order valence-corrected chi connectivity index (χ0v) is 16.6. The van der Waals surface area contributed by atoms with Gasteiger partial charge in [0.2, 0.25) is 0 Å². The summed E-state index contributed by atoms with van der Waals surface area (Å²) in [4.78, 5) is 23.9. The number of halogens is 1. The Labute approximate surface area is 169 Å². The van der Waals surface area contributed by atoms with Crippen LogP contribution in [0.1, 0.15) is 36.2 Å². The van der Waals surface area contributed by atoms with Gasteiger partial charge in [-0.15, -0.1) is 0 Å². The molecule has 0 heterocycles. The Morgan fingerprint density at radius 2 is 1.75 bits per heavy atom. The molecule has 2 aromatic carbocycles. The third kappa shape index (κ3) is 6.63. The lowest BCUT2D eigenvalue weighted by Crippen LogP contribution is -2.40. The van der Waals surface area contributed by atoms with Crippen molar-refractivity contribution >= 4 is 29.5 Å². The van der Waals surface area contributed by atoms with Crippen LogP contribution in [-0.2, 0) is 4.79 Å². The maximum Gasteiger partial charge on any atom is 0.269 e. The highest BCUT2D eigenvalue weighted by molar-refractivity contribution is 6.30. The standard InChI is InChI=1S/C21H23ClN2O4/c1-3-13-28-18-11-5-15(14-19(18)27-4-2)6-12-20(25)23-24-21(26)16-7-9-17(22)10-8-16/h5-12,14H,3-4,13H2,1-2H3,(H,23,25)(H,24,26)/b12-6+. The molecule has 0 fully saturated rings. The van der Waals surface area contributed by atoms with Gasteiger partial charge in [-0.1, -0.05) is 24.6 Å². The van der Waals surface area contributed by atoms with E-state index >= 15 is 0 Å². The van der Waals surface area contributed by atoms with Crippen molar-refractivity contribution in [2.75, 3.05) is 13.2 Å². The van der Waals surface area contributed by atoms with Crippen molar-refractivity contribution in [1.29, 1.82) is 0 Å². The van der Waals surface area contributed by atoms with E-state index in [4.69, 9.17) is 21.1 Å². The molecule has 0 aliphatic rings. The van der Waals surface area contributed by atoms with Crippen LogP contribution in [0, 0.1) is 0 Å². The van der Waals surface area contributed by atoms with Gasteiger partial charge < -0.3 is 9.47 Å². The van der Waals surface area contributed by atoms with Crippen LogP contribution in [0.15, 0.2) is 48.5 Å². The number of hydrogen-bond acceptors (Lipinski definition) is 4. The lowest BCUT2D eigenvalue weighted by atomic mass is 10.2. The van der Waals surface area contributed by atoms with Crippen LogP contribution in [0.25, 0.3) is 6.08 Å². The smallest absolute Gasteiger partial charge is 0.269 e. The minimum atomic E-state index is -0.466. The largest absolute Gasteiger partial charge is 0.490 e. The van der Waals surface area contributed by atoms with Crippen molar-refractivity contribution in [2.24, 2.45) is 0 Å². The summed E-state index contributed by atoms with van der Waals surface area (Å²) in [7, 11) is 0. The highest BCUT2D eigenvalue weighted by atomic mass is 35.5. The van der Waals surface area contributed by atoms with Gasteiger partial charge in [0, 0.05) is 16.7 Å². The zero-order chi connectivity index (χ0) is 20.4. The minimum Gasteiger partial charge on any atom is -0.490 e. The molecule has 0 saturated heterocycles. The Morgan fingerprint density at radius 1 is 1.00 bits per heavy atom. The summed E-state index contributed by atoms with van der Waals surface area (Å²) >= 11 is 5.78. The number of hydrazine groups is 1. The molecule has 0 saturated carbocycles. The Hall–Kier alpha value is -2.99. The van der Waals surface area contributed by atoms with Gasteiger partial charge in [-0.3, -0.25) is 20.4 Å². The summed E-state index contributed by atoms with van der Waals surface area (Å²) in [6.07, 6.45) is 3.84. The molecule has 0 atom stereocenters. The summed E-state index contributed by atoms with van der Waals surface area (Å²) in [6.45, 7) is 5.03. The number of ether oxygens (including phenoxy) is 2. The fourth-order valence-corrected chi connectivity index (χ4v) is 2.36. The van der Waals surface area contributed by atoms with E-state index in [0.717, 1.165) is 12.0 Å². The van der Waals surface area contributed by atoms with E-state index in [9.17, 15) is 9.59 Å². The van der Waals surface area contributed by atoms with Crippen molar-refractivity contribution in [3.63, 3.8) is 0 Å². The molecule has 0 aliphatic heterocycles. The molecule has 28 heavy (non-hydrogen) atoms. The number of hydrogen-bond donors (Lipinski definition) is 2. The van der Waals surface area contributed by atoms with Gasteiger partial charge in [0.25, 0.3) is 11.8 Å². The van der Waals surface area contributed by atoms with Crippen LogP contribution in [0.5, 0.6) is 11.5 Å². The molecule has 0 aliphatic carbocycles. The highest BCUT2D eigenvalue weighted by Gasteiger charge is 2.07. The van der Waals surface area contributed by atoms with Gasteiger partial charge in [-0.05, 0) is 61.4 Å². The third-order valence-electron chi connectivity index (χ3n) is 3.56. The predicted molar refractivity (Wildman–Crippen MR) is 109 cm³/mol. The molecule has 148 valence electrons. The Morgan fingerprint density at radius 3 is 2.43 bits per heavy atom. The fraction of sp³-hybridized carbons (Fsp3) is 0.238. The quantitative estimate of drug-likeness (QED) is 0.516. The van der Waals surface area contributed by atoms with Crippen LogP contribution < -0.4 is 20.3 Å². The van der Waals surface area contributed by atoms with E-state index in [0.29, 0.717) is 35.3 Å². The molecular formula is C21H23ClN2O4. The number of rotatable bonds is 8. The first-order valence-electron chi connectivity index (χ1n) is 8.97. The fourth-order valence-electron chi connectivity index (χ4n) is 2.23. The Balaban J connectivity index is 1.94. The first-order valence-corrected chi connectivity index (χ1v) is 9.35. The van der Waals surface area contributed by atoms with Gasteiger partial charge in [-0.25, -0.2) is 0 Å². The van der Waals surface area contributed by atoms with Crippen molar-refractivity contribution < 1.29 is 19.1 Å². The first-order chi connectivity index (χ1) is 13.5. The van der Waals surface area contributed by atoms with Gasteiger partial charge in [-0.2, -0.15) is 0 Å². The monoisotopic (exact) mass is 402 g/mol. The van der Waals surface area contributed by atoms with Crippen molar-refractivity contribution in [3.05, 3.63) is 64.7 Å². The molecule has 2 amide bonds. The zero-order valence-electron chi connectivity index (χ0n) is 15.8. The number of benzene rings is 2. The Kier molecular flexibility index (Phi) is 8.37. The van der Waals surface area contributed by atoms with Gasteiger partial charge in [0.15, 0.2) is 11.5 Å². The second-order valence-corrected chi connectivity index (χ2v) is 6.21. The molecule has 0 bridgehead atoms. The second-order valence-electron chi connectivity index (χ2n) is 5.77. The van der Waals surface area contributed by atoms with Gasteiger partial charge >= 0.3 is 0 Å². The van der Waals surface area contributed by atoms with Crippen molar-refractivity contribution in [2.45, 2.75) is 20.3 Å². The molecule has 0 radical (unpaired) electrons. The van der Waals surface area contributed by atoms with Crippen molar-refractivity contribution in [1.82, 2.24) is 10.9 Å². The van der Waals surface area contributed by atoms with E-state index in [1.807, 2.05) is 19.9 Å². The molecule has 7 heteroatoms. The molecule has 6 nitrogen and oxygen atoms in total. The number of amides is 2. The average molecular weight is 403 g/mol. The average Bonchev–Trinajstić information content (AvgIpc) is 2.70. The Bertz CT molecular complexity index is 835. The van der Waals surface area contributed by atoms with Crippen LogP contribution in [-0.4, -0.2) is 25.0 Å². The number of nitrogens with one attached hydrogen (secondary N) is 2. The summed E-state index contributed by atoms with van der Waals surface area (Å²) in [6, 6.07) is 11.8. The van der Waals surface area contributed by atoms with E-state index in [2.05, 4.69) is 10.9 Å². The van der Waals surface area contributed by atoms with E-state index in [-0.39, 0.29) is 0 Å². The number of carbonyl (C=O) groups is 2. The van der Waals surface area contributed by atoms with Crippen LogP contribution in [0.2, 0.25) is 5.02 Å². The minimum absolute atomic E-state index is 0.387. The molecular weight excluding hydrogens is 380 g/mol. The number of carbonyl (C=O) groups excluding carboxylic acids is 2. The maximum atomic E-state index is 12.0. The molecule has 0 aromatic heterocycles. The normalized spacial score (nSPS) is 10.5. The van der Waals surface area contributed by atoms with E-state index < -0.39 is 11.8 Å². The molecule has 2 rings (SSSR count).